The highest BCUT2D eigenvalue weighted by Crippen LogP contribution is 2.29. The zero-order valence-corrected chi connectivity index (χ0v) is 8.10. The van der Waals surface area contributed by atoms with Crippen LogP contribution >= 0.6 is 0 Å². The Morgan fingerprint density at radius 1 is 1.58 bits per heavy atom. The molecule has 0 radical (unpaired) electrons. The summed E-state index contributed by atoms with van der Waals surface area (Å²) >= 11 is 0. The molecule has 2 heteroatoms. The van der Waals surface area contributed by atoms with Gasteiger partial charge in [-0.2, -0.15) is 0 Å². The monoisotopic (exact) mass is 169 g/mol. The first-order valence-corrected chi connectivity index (χ1v) is 4.99. The first kappa shape index (κ1) is 9.72. The summed E-state index contributed by atoms with van der Waals surface area (Å²) in [6, 6.07) is 0.152. The fourth-order valence-electron chi connectivity index (χ4n) is 1.72. The number of carbonyl (C=O) groups is 1. The molecule has 0 aromatic rings. The number of hydrogen-bond donors (Lipinski definition) is 1. The second kappa shape index (κ2) is 4.61. The molecule has 1 aliphatic carbocycles. The maximum absolute atomic E-state index is 11.2. The van der Waals surface area contributed by atoms with Crippen LogP contribution in [-0.2, 0) is 4.79 Å². The van der Waals surface area contributed by atoms with Crippen molar-refractivity contribution in [1.82, 2.24) is 5.32 Å². The molecule has 0 unspecified atom stereocenters. The molecule has 0 aliphatic heterocycles. The third-order valence-corrected chi connectivity index (χ3v) is 2.67. The van der Waals surface area contributed by atoms with E-state index in [1.165, 1.54) is 19.3 Å². The zero-order chi connectivity index (χ0) is 8.97. The highest BCUT2D eigenvalue weighted by Gasteiger charge is 2.29. The lowest BCUT2D eigenvalue weighted by molar-refractivity contribution is -0.121. The van der Waals surface area contributed by atoms with Crippen molar-refractivity contribution in [3.63, 3.8) is 0 Å². The molecular weight excluding hydrogens is 150 g/mol. The number of rotatable bonds is 5. The Labute approximate surface area is 74.7 Å². The van der Waals surface area contributed by atoms with Crippen LogP contribution in [-0.4, -0.2) is 18.4 Å². The minimum atomic E-state index is 0.152. The highest BCUT2D eigenvalue weighted by atomic mass is 16.1. The van der Waals surface area contributed by atoms with Crippen LogP contribution in [0.3, 0.4) is 0 Å². The minimum absolute atomic E-state index is 0.152. The first-order chi connectivity index (χ1) is 5.75. The summed E-state index contributed by atoms with van der Waals surface area (Å²) in [5, 5.41) is 3.32. The van der Waals surface area contributed by atoms with Gasteiger partial charge in [0.15, 0.2) is 0 Å². The summed E-state index contributed by atoms with van der Waals surface area (Å²) in [6.07, 6.45) is 4.89. The van der Waals surface area contributed by atoms with Crippen LogP contribution in [0.4, 0.5) is 0 Å². The largest absolute Gasteiger partial charge is 0.307 e. The van der Waals surface area contributed by atoms with Crippen molar-refractivity contribution in [3.05, 3.63) is 0 Å². The van der Waals surface area contributed by atoms with Crippen LogP contribution in [0.25, 0.3) is 0 Å². The standard InChI is InChI=1S/C10H19NO/c1-3-7-11-10(8(2)12)9-5-4-6-9/h9-11H,3-7H2,1-2H3/t10-/m1/s1. The molecule has 0 aromatic heterocycles. The van der Waals surface area contributed by atoms with Gasteiger partial charge >= 0.3 is 0 Å². The summed E-state index contributed by atoms with van der Waals surface area (Å²) < 4.78 is 0. The SMILES string of the molecule is CCCN[C@H](C(C)=O)C1CCC1. The fourth-order valence-corrected chi connectivity index (χ4v) is 1.72. The predicted molar refractivity (Wildman–Crippen MR) is 50.1 cm³/mol. The molecule has 0 saturated heterocycles. The van der Waals surface area contributed by atoms with Gasteiger partial charge in [-0.1, -0.05) is 13.3 Å². The first-order valence-electron chi connectivity index (χ1n) is 4.99. The van der Waals surface area contributed by atoms with E-state index in [-0.39, 0.29) is 6.04 Å². The van der Waals surface area contributed by atoms with E-state index in [4.69, 9.17) is 0 Å². The molecule has 1 atom stereocenters. The van der Waals surface area contributed by atoms with Gasteiger partial charge in [-0.3, -0.25) is 4.79 Å². The minimum Gasteiger partial charge on any atom is -0.307 e. The maximum Gasteiger partial charge on any atom is 0.146 e. The average molecular weight is 169 g/mol. The molecule has 2 nitrogen and oxygen atoms in total. The van der Waals surface area contributed by atoms with Crippen LogP contribution < -0.4 is 5.32 Å². The quantitative estimate of drug-likeness (QED) is 0.679. The summed E-state index contributed by atoms with van der Waals surface area (Å²) in [6.45, 7) is 4.80. The lowest BCUT2D eigenvalue weighted by Crippen LogP contribution is -2.44. The summed E-state index contributed by atoms with van der Waals surface area (Å²) in [5.41, 5.74) is 0. The van der Waals surface area contributed by atoms with Gasteiger partial charge in [0.1, 0.15) is 5.78 Å². The van der Waals surface area contributed by atoms with E-state index in [1.54, 1.807) is 6.92 Å². The summed E-state index contributed by atoms with van der Waals surface area (Å²) in [7, 11) is 0. The highest BCUT2D eigenvalue weighted by molar-refractivity contribution is 5.81. The number of hydrogen-bond acceptors (Lipinski definition) is 2. The molecule has 1 aliphatic rings. The van der Waals surface area contributed by atoms with E-state index in [1.807, 2.05) is 0 Å². The van der Waals surface area contributed by atoms with Gasteiger partial charge in [0, 0.05) is 0 Å². The number of carbonyl (C=O) groups excluding carboxylic acids is 1. The Bertz CT molecular complexity index is 152. The van der Waals surface area contributed by atoms with Crippen molar-refractivity contribution >= 4 is 5.78 Å². The predicted octanol–water partition coefficient (Wildman–Crippen LogP) is 1.74. The molecule has 1 saturated carbocycles. The number of Topliss-reactive ketones (excluding diaryl/α,β-unsaturated/α-hetero) is 1. The van der Waals surface area contributed by atoms with Crippen molar-refractivity contribution in [2.75, 3.05) is 6.54 Å². The summed E-state index contributed by atoms with van der Waals surface area (Å²) in [4.78, 5) is 11.2. The van der Waals surface area contributed by atoms with Crippen LogP contribution in [0.2, 0.25) is 0 Å². The van der Waals surface area contributed by atoms with Gasteiger partial charge in [-0.05, 0) is 38.6 Å². The summed E-state index contributed by atoms with van der Waals surface area (Å²) in [5.74, 6) is 0.946. The second-order valence-corrected chi connectivity index (χ2v) is 3.73. The van der Waals surface area contributed by atoms with Crippen molar-refractivity contribution in [1.29, 1.82) is 0 Å². The Morgan fingerprint density at radius 2 is 2.25 bits per heavy atom. The molecule has 1 N–H and O–H groups in total. The third-order valence-electron chi connectivity index (χ3n) is 2.67. The van der Waals surface area contributed by atoms with Gasteiger partial charge in [0.2, 0.25) is 0 Å². The Balaban J connectivity index is 2.32. The normalized spacial score (nSPS) is 20.2. The van der Waals surface area contributed by atoms with Crippen molar-refractivity contribution in [3.8, 4) is 0 Å². The van der Waals surface area contributed by atoms with Crippen molar-refractivity contribution < 1.29 is 4.79 Å². The Hall–Kier alpha value is -0.370. The van der Waals surface area contributed by atoms with Crippen LogP contribution in [0.5, 0.6) is 0 Å². The Morgan fingerprint density at radius 3 is 2.58 bits per heavy atom. The van der Waals surface area contributed by atoms with Gasteiger partial charge < -0.3 is 5.32 Å². The van der Waals surface area contributed by atoms with Gasteiger partial charge in [0.05, 0.1) is 6.04 Å². The Kier molecular flexibility index (Phi) is 3.73. The molecule has 70 valence electrons. The van der Waals surface area contributed by atoms with E-state index in [9.17, 15) is 4.79 Å². The smallest absolute Gasteiger partial charge is 0.146 e. The average Bonchev–Trinajstić information content (AvgIpc) is 1.93. The molecule has 0 bridgehead atoms. The fraction of sp³-hybridized carbons (Fsp3) is 0.900. The van der Waals surface area contributed by atoms with Crippen LogP contribution in [0, 0.1) is 5.92 Å². The molecule has 0 heterocycles. The molecule has 1 rings (SSSR count). The second-order valence-electron chi connectivity index (χ2n) is 3.73. The van der Waals surface area contributed by atoms with E-state index in [2.05, 4.69) is 12.2 Å². The topological polar surface area (TPSA) is 29.1 Å². The molecule has 0 aromatic carbocycles. The van der Waals surface area contributed by atoms with Gasteiger partial charge in [-0.15, -0.1) is 0 Å². The van der Waals surface area contributed by atoms with Gasteiger partial charge in [-0.25, -0.2) is 0 Å². The van der Waals surface area contributed by atoms with E-state index >= 15 is 0 Å². The number of ketones is 1. The van der Waals surface area contributed by atoms with Crippen LogP contribution in [0.15, 0.2) is 0 Å². The maximum atomic E-state index is 11.2. The number of nitrogens with one attached hydrogen (secondary N) is 1. The molecule has 0 amide bonds. The van der Waals surface area contributed by atoms with Crippen molar-refractivity contribution in [2.24, 2.45) is 5.92 Å². The van der Waals surface area contributed by atoms with E-state index in [0.29, 0.717) is 11.7 Å². The molecular formula is C10H19NO. The van der Waals surface area contributed by atoms with E-state index in [0.717, 1.165) is 13.0 Å². The third kappa shape index (κ3) is 2.31. The zero-order valence-electron chi connectivity index (χ0n) is 8.10. The van der Waals surface area contributed by atoms with E-state index < -0.39 is 0 Å². The lowest BCUT2D eigenvalue weighted by atomic mass is 9.78. The van der Waals surface area contributed by atoms with Crippen molar-refractivity contribution in [2.45, 2.75) is 45.6 Å². The van der Waals surface area contributed by atoms with Crippen LogP contribution in [0.1, 0.15) is 39.5 Å². The molecule has 1 fully saturated rings. The van der Waals surface area contributed by atoms with Gasteiger partial charge in [0.25, 0.3) is 0 Å². The molecule has 12 heavy (non-hydrogen) atoms. The molecule has 0 spiro atoms. The lowest BCUT2D eigenvalue weighted by Gasteiger charge is -2.32.